The van der Waals surface area contributed by atoms with Gasteiger partial charge in [0, 0.05) is 36.9 Å². The van der Waals surface area contributed by atoms with Crippen LogP contribution in [0.1, 0.15) is 15.1 Å². The van der Waals surface area contributed by atoms with E-state index in [1.807, 2.05) is 72.8 Å². The van der Waals surface area contributed by atoms with Crippen LogP contribution < -0.4 is 0 Å². The van der Waals surface area contributed by atoms with Gasteiger partial charge in [-0.2, -0.15) is 0 Å². The zero-order chi connectivity index (χ0) is 42.1. The molecule has 0 amide bonds. The molecular formula is C45H29N3S. The van der Waals surface area contributed by atoms with E-state index in [9.17, 15) is 4.11 Å². The highest BCUT2D eigenvalue weighted by molar-refractivity contribution is 7.25. The smallest absolute Gasteiger partial charge is 0.164 e. The molecule has 0 aliphatic rings. The molecule has 2 heterocycles. The lowest BCUT2D eigenvalue weighted by atomic mass is 9.99. The lowest BCUT2D eigenvalue weighted by Crippen LogP contribution is -2.00. The molecule has 0 fully saturated rings. The molecule has 3 nitrogen and oxygen atoms in total. The largest absolute Gasteiger partial charge is 0.208 e. The van der Waals surface area contributed by atoms with Crippen LogP contribution in [-0.4, -0.2) is 15.0 Å². The predicted octanol–water partition coefficient (Wildman–Crippen LogP) is 12.2. The molecular weight excluding hydrogens is 615 g/mol. The average molecular weight is 655 g/mol. The number of hydrogen-bond acceptors (Lipinski definition) is 4. The van der Waals surface area contributed by atoms with E-state index < -0.39 is 53.9 Å². The summed E-state index contributed by atoms with van der Waals surface area (Å²) in [7, 11) is 0. The van der Waals surface area contributed by atoms with Gasteiger partial charge in [0.05, 0.1) is 15.1 Å². The average Bonchev–Trinajstić information content (AvgIpc) is 3.70. The van der Waals surface area contributed by atoms with Crippen molar-refractivity contribution in [1.29, 1.82) is 0 Å². The van der Waals surface area contributed by atoms with E-state index in [2.05, 4.69) is 36.4 Å². The Labute approximate surface area is 304 Å². The van der Waals surface area contributed by atoms with Crippen LogP contribution in [0.4, 0.5) is 0 Å². The fourth-order valence-electron chi connectivity index (χ4n) is 5.64. The second-order valence-electron chi connectivity index (χ2n) is 11.2. The van der Waals surface area contributed by atoms with E-state index in [4.69, 9.17) is 25.9 Å². The van der Waals surface area contributed by atoms with Gasteiger partial charge >= 0.3 is 0 Å². The lowest BCUT2D eigenvalue weighted by molar-refractivity contribution is 1.07. The van der Waals surface area contributed by atoms with Crippen molar-refractivity contribution in [3.63, 3.8) is 0 Å². The quantitative estimate of drug-likeness (QED) is 0.179. The van der Waals surface area contributed by atoms with Gasteiger partial charge in [0.2, 0.25) is 0 Å². The Kier molecular flexibility index (Phi) is 4.96. The molecule has 49 heavy (non-hydrogen) atoms. The van der Waals surface area contributed by atoms with Crippen molar-refractivity contribution in [3.05, 3.63) is 176 Å². The fraction of sp³-hybridized carbons (Fsp3) is 0. The third-order valence-electron chi connectivity index (χ3n) is 8.12. The summed E-state index contributed by atoms with van der Waals surface area (Å²) in [6, 6.07) is 29.6. The molecule has 0 aliphatic heterocycles. The number of thiophene rings is 1. The Balaban J connectivity index is 1.23. The summed E-state index contributed by atoms with van der Waals surface area (Å²) >= 11 is 0.890. The SMILES string of the molecule is [2H]c1c([2H])c([2H])c(-c2c([2H])c([2H])c3sc4c([2H])c([2H])c(-c5nc(-c6ccccc6)nc(-c6ccc(-c7ccc(-c8ccccc8)cc7)cc6)n5)c([2H])c4c3c2[2H])c([2H])c1[2H]. The van der Waals surface area contributed by atoms with E-state index in [0.29, 0.717) is 11.1 Å². The van der Waals surface area contributed by atoms with Gasteiger partial charge in [-0.15, -0.1) is 11.3 Å². The summed E-state index contributed by atoms with van der Waals surface area (Å²) < 4.78 is 97.0. The van der Waals surface area contributed by atoms with Crippen molar-refractivity contribution in [1.82, 2.24) is 15.0 Å². The molecule has 230 valence electrons. The van der Waals surface area contributed by atoms with Gasteiger partial charge in [0.1, 0.15) is 0 Å². The van der Waals surface area contributed by atoms with Gasteiger partial charge in [-0.1, -0.05) is 145 Å². The zero-order valence-electron chi connectivity index (χ0n) is 36.6. The normalized spacial score (nSPS) is 14.4. The van der Waals surface area contributed by atoms with E-state index in [1.54, 1.807) is 0 Å². The molecule has 0 unspecified atom stereocenters. The number of nitrogens with zero attached hydrogens (tertiary/aromatic N) is 3. The third-order valence-corrected chi connectivity index (χ3v) is 9.14. The molecule has 0 radical (unpaired) electrons. The Morgan fingerprint density at radius 2 is 0.755 bits per heavy atom. The van der Waals surface area contributed by atoms with Crippen LogP contribution >= 0.6 is 11.3 Å². The number of hydrogen-bond donors (Lipinski definition) is 0. The Morgan fingerprint density at radius 3 is 1.31 bits per heavy atom. The lowest BCUT2D eigenvalue weighted by Gasteiger charge is -2.10. The van der Waals surface area contributed by atoms with Crippen molar-refractivity contribution >= 4 is 31.5 Å². The summed E-state index contributed by atoms with van der Waals surface area (Å²) in [6.45, 7) is 0. The van der Waals surface area contributed by atoms with Crippen molar-refractivity contribution in [2.75, 3.05) is 0 Å². The minimum Gasteiger partial charge on any atom is -0.208 e. The van der Waals surface area contributed by atoms with Crippen LogP contribution in [0.3, 0.4) is 0 Å². The van der Waals surface area contributed by atoms with E-state index in [0.717, 1.165) is 33.6 Å². The number of aromatic nitrogens is 3. The number of benzene rings is 7. The van der Waals surface area contributed by atoms with Gasteiger partial charge in [0.25, 0.3) is 0 Å². The summed E-state index contributed by atoms with van der Waals surface area (Å²) in [5, 5.41) is 0.0199. The molecule has 2 aromatic heterocycles. The van der Waals surface area contributed by atoms with Gasteiger partial charge in [-0.25, -0.2) is 15.0 Å². The minimum absolute atomic E-state index is 0.0116. The first kappa shape index (κ1) is 19.6. The molecule has 4 heteroatoms. The van der Waals surface area contributed by atoms with Crippen molar-refractivity contribution in [2.24, 2.45) is 0 Å². The number of rotatable bonds is 6. The van der Waals surface area contributed by atoms with Gasteiger partial charge < -0.3 is 0 Å². The highest BCUT2D eigenvalue weighted by atomic mass is 32.1. The molecule has 9 aromatic rings. The molecule has 0 N–H and O–H groups in total. The highest BCUT2D eigenvalue weighted by Gasteiger charge is 2.15. The second kappa shape index (κ2) is 12.4. The molecule has 9 rings (SSSR count). The topological polar surface area (TPSA) is 38.7 Å². The zero-order valence-corrected chi connectivity index (χ0v) is 26.5. The van der Waals surface area contributed by atoms with Crippen LogP contribution in [0.5, 0.6) is 0 Å². The van der Waals surface area contributed by atoms with Crippen molar-refractivity contribution in [2.45, 2.75) is 0 Å². The molecule has 0 bridgehead atoms. The van der Waals surface area contributed by atoms with Crippen LogP contribution in [0, 0.1) is 0 Å². The van der Waals surface area contributed by atoms with Gasteiger partial charge in [-0.05, 0) is 63.6 Å². The molecule has 0 spiro atoms. The third kappa shape index (κ3) is 5.69. The highest BCUT2D eigenvalue weighted by Crippen LogP contribution is 2.38. The van der Waals surface area contributed by atoms with Crippen molar-refractivity contribution in [3.8, 4) is 67.5 Å². The van der Waals surface area contributed by atoms with E-state index in [-0.39, 0.29) is 66.9 Å². The van der Waals surface area contributed by atoms with Crippen LogP contribution in [-0.2, 0) is 0 Å². The molecule has 0 saturated carbocycles. The van der Waals surface area contributed by atoms with E-state index in [1.165, 1.54) is 0 Å². The standard InChI is InChI=1S/C45H29N3S/c1-4-10-30(11-5-1)32-16-18-33(19-17-32)34-20-22-36(23-21-34)44-46-43(35-14-8-3-9-15-35)47-45(48-44)38-25-27-42-40(29-38)39-28-37(24-26-41(39)49-42)31-12-6-2-7-13-31/h1-29H/i2D,6D,7D,12D,13D,24D,25D,26D,27D,28D,29D. The maximum atomic E-state index is 9.59. The maximum Gasteiger partial charge on any atom is 0.164 e. The van der Waals surface area contributed by atoms with Gasteiger partial charge in [-0.3, -0.25) is 0 Å². The van der Waals surface area contributed by atoms with E-state index >= 15 is 0 Å². The molecule has 0 aliphatic carbocycles. The van der Waals surface area contributed by atoms with Crippen molar-refractivity contribution < 1.29 is 15.1 Å². The maximum absolute atomic E-state index is 9.59. The summed E-state index contributed by atoms with van der Waals surface area (Å²) in [5.74, 6) is 0.445. The molecule has 7 aromatic carbocycles. The Bertz CT molecular complexity index is 3170. The first-order valence-electron chi connectivity index (χ1n) is 21.0. The molecule has 0 saturated heterocycles. The summed E-state index contributed by atoms with van der Waals surface area (Å²) in [5.41, 5.74) is 4.57. The summed E-state index contributed by atoms with van der Waals surface area (Å²) in [4.78, 5) is 14.3. The first-order valence-corrected chi connectivity index (χ1v) is 16.3. The fourth-order valence-corrected chi connectivity index (χ4v) is 6.56. The monoisotopic (exact) mass is 654 g/mol. The number of fused-ring (bicyclic) bond motifs is 3. The minimum atomic E-state index is -0.658. The Morgan fingerprint density at radius 1 is 0.347 bits per heavy atom. The second-order valence-corrected chi connectivity index (χ2v) is 12.2. The van der Waals surface area contributed by atoms with Crippen LogP contribution in [0.2, 0.25) is 0 Å². The van der Waals surface area contributed by atoms with Crippen LogP contribution in [0.25, 0.3) is 87.7 Å². The van der Waals surface area contributed by atoms with Gasteiger partial charge in [0.15, 0.2) is 17.5 Å². The van der Waals surface area contributed by atoms with Crippen LogP contribution in [0.15, 0.2) is 176 Å². The first-order chi connectivity index (χ1) is 28.8. The molecule has 0 atom stereocenters. The Hall–Kier alpha value is -6.23. The summed E-state index contributed by atoms with van der Waals surface area (Å²) in [6.07, 6.45) is 0. The predicted molar refractivity (Wildman–Crippen MR) is 205 cm³/mol.